The van der Waals surface area contributed by atoms with Crippen LogP contribution in [0.4, 0.5) is 0 Å². The van der Waals surface area contributed by atoms with Gasteiger partial charge in [0.15, 0.2) is 3.92 Å². The average molecular weight is 506 g/mol. The predicted octanol–water partition coefficient (Wildman–Crippen LogP) is 5.89. The Balaban J connectivity index is 0.00000407. The van der Waals surface area contributed by atoms with Gasteiger partial charge in [0.05, 0.1) is 0 Å². The van der Waals surface area contributed by atoms with E-state index in [2.05, 4.69) is 58.4 Å². The molecule has 0 saturated heterocycles. The normalized spacial score (nSPS) is 12.1. The number of unbranched alkanes of at least 4 members (excludes halogenated alkanes) is 1. The molecular formula is C23H45BrN4OS. The molecular weight excluding hydrogens is 460 g/mol. The number of likely N-dealkylation sites (N-methyl/N-ethyl adjacent to an activating group) is 2. The molecule has 1 unspecified atom stereocenters. The average Bonchev–Trinajstić information content (AvgIpc) is 3.16. The Kier molecular flexibility index (Phi) is 17.8. The quantitative estimate of drug-likeness (QED) is 0.298. The lowest BCUT2D eigenvalue weighted by Crippen LogP contribution is -2.41. The van der Waals surface area contributed by atoms with E-state index in [0.29, 0.717) is 12.5 Å². The third kappa shape index (κ3) is 12.4. The zero-order valence-corrected chi connectivity index (χ0v) is 22.8. The summed E-state index contributed by atoms with van der Waals surface area (Å²) in [4.78, 5) is 24.9. The van der Waals surface area contributed by atoms with Crippen molar-refractivity contribution >= 4 is 33.2 Å². The van der Waals surface area contributed by atoms with Gasteiger partial charge in [-0.25, -0.2) is 4.98 Å². The first-order chi connectivity index (χ1) is 14.4. The second kappa shape index (κ2) is 18.1. The number of carbonyl (C=O) groups is 1. The van der Waals surface area contributed by atoms with E-state index in [-0.39, 0.29) is 5.91 Å². The van der Waals surface area contributed by atoms with Crippen molar-refractivity contribution in [3.8, 4) is 0 Å². The molecule has 0 saturated carbocycles. The predicted molar refractivity (Wildman–Crippen MR) is 135 cm³/mol. The highest BCUT2D eigenvalue weighted by molar-refractivity contribution is 9.11. The van der Waals surface area contributed by atoms with Gasteiger partial charge >= 0.3 is 0 Å². The Bertz CT molecular complexity index is 555. The standard InChI is InChI=1S/C21H39BrN4OS.C2H6/c1-6-9-10-18(4)26(8-3)15-14-24(5)20(27)11-13-25(12-7-2)17-19-16-23-21(22)28-19;1-2/h16,18H,6-15,17H2,1-5H3;1-2H3. The fraction of sp³-hybridized carbons (Fsp3) is 0.826. The third-order valence-corrected chi connectivity index (χ3v) is 6.70. The molecule has 0 radical (unpaired) electrons. The Hall–Kier alpha value is -0.500. The zero-order chi connectivity index (χ0) is 22.9. The highest BCUT2D eigenvalue weighted by atomic mass is 79.9. The van der Waals surface area contributed by atoms with E-state index in [0.717, 1.165) is 49.6 Å². The van der Waals surface area contributed by atoms with E-state index in [9.17, 15) is 4.79 Å². The molecule has 5 nitrogen and oxygen atoms in total. The molecule has 0 aliphatic heterocycles. The highest BCUT2D eigenvalue weighted by Crippen LogP contribution is 2.20. The topological polar surface area (TPSA) is 39.7 Å². The van der Waals surface area contributed by atoms with E-state index in [4.69, 9.17) is 0 Å². The minimum absolute atomic E-state index is 0.240. The van der Waals surface area contributed by atoms with Crippen LogP contribution in [-0.4, -0.2) is 71.4 Å². The number of amides is 1. The number of nitrogens with zero attached hydrogens (tertiary/aromatic N) is 4. The SMILES string of the molecule is CC.CCCCC(C)N(CC)CCN(C)C(=O)CCN(CCC)Cc1cnc(Br)s1. The molecule has 1 amide bonds. The minimum atomic E-state index is 0.240. The minimum Gasteiger partial charge on any atom is -0.344 e. The van der Waals surface area contributed by atoms with Crippen LogP contribution in [0.3, 0.4) is 0 Å². The van der Waals surface area contributed by atoms with Gasteiger partial charge in [-0.1, -0.05) is 47.5 Å². The second-order valence-corrected chi connectivity index (χ2v) is 9.93. The molecule has 0 spiro atoms. The van der Waals surface area contributed by atoms with Crippen LogP contribution < -0.4 is 0 Å². The summed E-state index contributed by atoms with van der Waals surface area (Å²) in [6.07, 6.45) is 7.34. The molecule has 30 heavy (non-hydrogen) atoms. The molecule has 1 rings (SSSR count). The number of aromatic nitrogens is 1. The van der Waals surface area contributed by atoms with Gasteiger partial charge in [-0.05, 0) is 48.8 Å². The van der Waals surface area contributed by atoms with Crippen molar-refractivity contribution in [1.82, 2.24) is 19.7 Å². The summed E-state index contributed by atoms with van der Waals surface area (Å²) in [6.45, 7) is 18.4. The first-order valence-corrected chi connectivity index (χ1v) is 13.3. The fourth-order valence-electron chi connectivity index (χ4n) is 3.38. The largest absolute Gasteiger partial charge is 0.344 e. The van der Waals surface area contributed by atoms with Crippen LogP contribution in [0, 0.1) is 0 Å². The summed E-state index contributed by atoms with van der Waals surface area (Å²) < 4.78 is 0.920. The van der Waals surface area contributed by atoms with Gasteiger partial charge < -0.3 is 4.90 Å². The maximum absolute atomic E-state index is 12.6. The van der Waals surface area contributed by atoms with Gasteiger partial charge in [0, 0.05) is 56.8 Å². The van der Waals surface area contributed by atoms with Crippen LogP contribution in [0.5, 0.6) is 0 Å². The summed E-state index contributed by atoms with van der Waals surface area (Å²) in [6, 6.07) is 0.590. The fourth-order valence-corrected chi connectivity index (χ4v) is 4.78. The Morgan fingerprint density at radius 2 is 1.83 bits per heavy atom. The van der Waals surface area contributed by atoms with Gasteiger partial charge in [0.1, 0.15) is 0 Å². The lowest BCUT2D eigenvalue weighted by Gasteiger charge is -2.30. The number of carbonyl (C=O) groups excluding carboxylic acids is 1. The first-order valence-electron chi connectivity index (χ1n) is 11.7. The van der Waals surface area contributed by atoms with Crippen LogP contribution in [-0.2, 0) is 11.3 Å². The van der Waals surface area contributed by atoms with E-state index in [1.165, 1.54) is 24.1 Å². The molecule has 0 bridgehead atoms. The van der Waals surface area contributed by atoms with Crippen LogP contribution in [0.15, 0.2) is 10.1 Å². The molecule has 0 N–H and O–H groups in total. The Morgan fingerprint density at radius 3 is 2.37 bits per heavy atom. The van der Waals surface area contributed by atoms with Crippen molar-refractivity contribution in [2.45, 2.75) is 86.2 Å². The van der Waals surface area contributed by atoms with Crippen molar-refractivity contribution in [3.63, 3.8) is 0 Å². The van der Waals surface area contributed by atoms with Gasteiger partial charge in [-0.15, -0.1) is 11.3 Å². The van der Waals surface area contributed by atoms with Gasteiger partial charge in [0.25, 0.3) is 0 Å². The monoisotopic (exact) mass is 504 g/mol. The molecule has 0 fully saturated rings. The van der Waals surface area contributed by atoms with Gasteiger partial charge in [-0.3, -0.25) is 14.6 Å². The number of hydrogen-bond donors (Lipinski definition) is 0. The van der Waals surface area contributed by atoms with E-state index in [1.807, 2.05) is 32.0 Å². The van der Waals surface area contributed by atoms with Crippen LogP contribution in [0.1, 0.15) is 78.5 Å². The summed E-state index contributed by atoms with van der Waals surface area (Å²) in [7, 11) is 1.94. The maximum atomic E-state index is 12.6. The molecule has 7 heteroatoms. The van der Waals surface area contributed by atoms with Crippen molar-refractivity contribution in [3.05, 3.63) is 15.0 Å². The first kappa shape index (κ1) is 29.5. The third-order valence-electron chi connectivity index (χ3n) is 5.24. The maximum Gasteiger partial charge on any atom is 0.223 e. The van der Waals surface area contributed by atoms with E-state index < -0.39 is 0 Å². The van der Waals surface area contributed by atoms with Crippen LogP contribution in [0.2, 0.25) is 0 Å². The van der Waals surface area contributed by atoms with Crippen molar-refractivity contribution < 1.29 is 4.79 Å². The Labute approximate surface area is 198 Å². The number of thiazole rings is 1. The molecule has 1 heterocycles. The van der Waals surface area contributed by atoms with E-state index >= 15 is 0 Å². The molecule has 1 aromatic rings. The van der Waals surface area contributed by atoms with Crippen molar-refractivity contribution in [1.29, 1.82) is 0 Å². The number of rotatable bonds is 15. The molecule has 1 aromatic heterocycles. The number of halogens is 1. The van der Waals surface area contributed by atoms with Crippen LogP contribution >= 0.6 is 27.3 Å². The summed E-state index contributed by atoms with van der Waals surface area (Å²) in [5.74, 6) is 0.240. The molecule has 176 valence electrons. The second-order valence-electron chi connectivity index (χ2n) is 7.54. The smallest absolute Gasteiger partial charge is 0.223 e. The molecule has 0 aromatic carbocycles. The molecule has 1 atom stereocenters. The van der Waals surface area contributed by atoms with E-state index in [1.54, 1.807) is 11.3 Å². The zero-order valence-electron chi connectivity index (χ0n) is 20.4. The van der Waals surface area contributed by atoms with Crippen molar-refractivity contribution in [2.75, 3.05) is 39.8 Å². The van der Waals surface area contributed by atoms with Gasteiger partial charge in [-0.2, -0.15) is 0 Å². The lowest BCUT2D eigenvalue weighted by molar-refractivity contribution is -0.130. The molecule has 0 aliphatic carbocycles. The Morgan fingerprint density at radius 1 is 1.13 bits per heavy atom. The van der Waals surface area contributed by atoms with Gasteiger partial charge in [0.2, 0.25) is 5.91 Å². The summed E-state index contributed by atoms with van der Waals surface area (Å²) in [5, 5.41) is 0. The van der Waals surface area contributed by atoms with Crippen LogP contribution in [0.25, 0.3) is 0 Å². The van der Waals surface area contributed by atoms with Crippen molar-refractivity contribution in [2.24, 2.45) is 0 Å². The molecule has 0 aliphatic rings. The number of hydrogen-bond acceptors (Lipinski definition) is 5. The lowest BCUT2D eigenvalue weighted by atomic mass is 10.1. The summed E-state index contributed by atoms with van der Waals surface area (Å²) in [5.41, 5.74) is 0. The highest BCUT2D eigenvalue weighted by Gasteiger charge is 2.16. The summed E-state index contributed by atoms with van der Waals surface area (Å²) >= 11 is 5.09.